The molecule has 0 radical (unpaired) electrons. The van der Waals surface area contributed by atoms with E-state index in [-0.39, 0.29) is 18.0 Å². The van der Waals surface area contributed by atoms with Crippen molar-refractivity contribution in [2.45, 2.75) is 6.61 Å². The Morgan fingerprint density at radius 1 is 1.21 bits per heavy atom. The van der Waals surface area contributed by atoms with Gasteiger partial charge >= 0.3 is 5.97 Å². The molecular formula is C14H11ClFNO2. The predicted octanol–water partition coefficient (Wildman–Crippen LogP) is 3.42. The monoisotopic (exact) mass is 279 g/mol. The maximum atomic E-state index is 12.7. The molecule has 0 heterocycles. The van der Waals surface area contributed by atoms with E-state index < -0.39 is 5.97 Å². The predicted molar refractivity (Wildman–Crippen MR) is 71.4 cm³/mol. The first-order valence-corrected chi connectivity index (χ1v) is 5.90. The van der Waals surface area contributed by atoms with Crippen molar-refractivity contribution in [1.82, 2.24) is 0 Å². The molecule has 0 aliphatic heterocycles. The van der Waals surface area contributed by atoms with Gasteiger partial charge in [0.15, 0.2) is 0 Å². The lowest BCUT2D eigenvalue weighted by Gasteiger charge is -2.07. The molecule has 0 aliphatic rings. The summed E-state index contributed by atoms with van der Waals surface area (Å²) in [7, 11) is 0. The first kappa shape index (κ1) is 13.4. The number of rotatable bonds is 3. The fraction of sp³-hybridized carbons (Fsp3) is 0.0714. The van der Waals surface area contributed by atoms with Crippen molar-refractivity contribution in [3.63, 3.8) is 0 Å². The number of halogens is 2. The molecule has 0 aliphatic carbocycles. The number of hydrogen-bond acceptors (Lipinski definition) is 3. The van der Waals surface area contributed by atoms with Gasteiger partial charge in [-0.1, -0.05) is 23.7 Å². The van der Waals surface area contributed by atoms with E-state index >= 15 is 0 Å². The summed E-state index contributed by atoms with van der Waals surface area (Å²) in [6.45, 7) is 0.0467. The van der Waals surface area contributed by atoms with Crippen molar-refractivity contribution in [2.75, 3.05) is 5.73 Å². The van der Waals surface area contributed by atoms with E-state index in [0.29, 0.717) is 16.3 Å². The summed E-state index contributed by atoms with van der Waals surface area (Å²) in [4.78, 5) is 11.8. The summed E-state index contributed by atoms with van der Waals surface area (Å²) >= 11 is 5.79. The lowest BCUT2D eigenvalue weighted by Crippen LogP contribution is -2.08. The Morgan fingerprint density at radius 2 is 1.89 bits per heavy atom. The highest BCUT2D eigenvalue weighted by Crippen LogP contribution is 2.19. The van der Waals surface area contributed by atoms with Crippen LogP contribution in [0.2, 0.25) is 5.02 Å². The van der Waals surface area contributed by atoms with Gasteiger partial charge in [-0.25, -0.2) is 9.18 Å². The minimum absolute atomic E-state index is 0.0467. The Kier molecular flexibility index (Phi) is 4.02. The van der Waals surface area contributed by atoms with Crippen molar-refractivity contribution in [3.8, 4) is 0 Å². The first-order chi connectivity index (χ1) is 9.06. The molecule has 2 rings (SSSR count). The van der Waals surface area contributed by atoms with Crippen LogP contribution in [-0.4, -0.2) is 5.97 Å². The molecule has 0 atom stereocenters. The van der Waals surface area contributed by atoms with Crippen LogP contribution in [0.5, 0.6) is 0 Å². The number of hydrogen-bond donors (Lipinski definition) is 1. The second kappa shape index (κ2) is 5.71. The zero-order valence-electron chi connectivity index (χ0n) is 9.90. The smallest absolute Gasteiger partial charge is 0.340 e. The van der Waals surface area contributed by atoms with Crippen molar-refractivity contribution >= 4 is 23.3 Å². The molecule has 5 heteroatoms. The highest BCUT2D eigenvalue weighted by atomic mass is 35.5. The highest BCUT2D eigenvalue weighted by Gasteiger charge is 2.12. The molecule has 0 spiro atoms. The molecule has 98 valence electrons. The van der Waals surface area contributed by atoms with Crippen LogP contribution in [0.1, 0.15) is 15.9 Å². The standard InChI is InChI=1S/C14H11ClFNO2/c15-10-3-6-13(17)12(7-10)14(18)19-8-9-1-4-11(16)5-2-9/h1-7H,8,17H2. The van der Waals surface area contributed by atoms with Gasteiger partial charge in [0.25, 0.3) is 0 Å². The van der Waals surface area contributed by atoms with Crippen molar-refractivity contribution in [1.29, 1.82) is 0 Å². The largest absolute Gasteiger partial charge is 0.457 e. The van der Waals surface area contributed by atoms with E-state index in [2.05, 4.69) is 0 Å². The summed E-state index contributed by atoms with van der Waals surface area (Å²) < 4.78 is 17.8. The van der Waals surface area contributed by atoms with E-state index in [1.165, 1.54) is 24.3 Å². The minimum atomic E-state index is -0.565. The molecule has 2 N–H and O–H groups in total. The van der Waals surface area contributed by atoms with Crippen LogP contribution in [0.25, 0.3) is 0 Å². The molecule has 0 unspecified atom stereocenters. The molecule has 0 saturated heterocycles. The van der Waals surface area contributed by atoms with Gasteiger partial charge < -0.3 is 10.5 Å². The average Bonchev–Trinajstić information content (AvgIpc) is 2.40. The summed E-state index contributed by atoms with van der Waals surface area (Å²) in [6, 6.07) is 10.3. The lowest BCUT2D eigenvalue weighted by molar-refractivity contribution is 0.0474. The van der Waals surface area contributed by atoms with Gasteiger partial charge in [-0.05, 0) is 35.9 Å². The second-order valence-corrected chi connectivity index (χ2v) is 4.37. The van der Waals surface area contributed by atoms with Crippen LogP contribution in [0.4, 0.5) is 10.1 Å². The third kappa shape index (κ3) is 3.45. The molecule has 0 aromatic heterocycles. The SMILES string of the molecule is Nc1ccc(Cl)cc1C(=O)OCc1ccc(F)cc1. The van der Waals surface area contributed by atoms with Gasteiger partial charge in [0.1, 0.15) is 12.4 Å². The third-order valence-corrected chi connectivity index (χ3v) is 2.75. The van der Waals surface area contributed by atoms with Crippen molar-refractivity contribution in [3.05, 3.63) is 64.4 Å². The average molecular weight is 280 g/mol. The normalized spacial score (nSPS) is 10.2. The second-order valence-electron chi connectivity index (χ2n) is 3.93. The van der Waals surface area contributed by atoms with Gasteiger partial charge in [0.05, 0.1) is 5.56 Å². The van der Waals surface area contributed by atoms with Crippen LogP contribution in [0.15, 0.2) is 42.5 Å². The Bertz CT molecular complexity index is 599. The summed E-state index contributed by atoms with van der Waals surface area (Å²) in [6.07, 6.45) is 0. The topological polar surface area (TPSA) is 52.3 Å². The summed E-state index contributed by atoms with van der Waals surface area (Å²) in [5.41, 5.74) is 6.88. The van der Waals surface area contributed by atoms with E-state index in [1.54, 1.807) is 18.2 Å². The van der Waals surface area contributed by atoms with Crippen molar-refractivity contribution < 1.29 is 13.9 Å². The Labute approximate surface area is 114 Å². The number of anilines is 1. The minimum Gasteiger partial charge on any atom is -0.457 e. The van der Waals surface area contributed by atoms with E-state index in [9.17, 15) is 9.18 Å². The molecule has 2 aromatic carbocycles. The van der Waals surface area contributed by atoms with Crippen LogP contribution < -0.4 is 5.73 Å². The number of carbonyl (C=O) groups is 1. The molecule has 0 fully saturated rings. The summed E-state index contributed by atoms with van der Waals surface area (Å²) in [5, 5.41) is 0.405. The van der Waals surface area contributed by atoms with Crippen LogP contribution in [0.3, 0.4) is 0 Å². The molecule has 19 heavy (non-hydrogen) atoms. The van der Waals surface area contributed by atoms with Gasteiger partial charge in [0, 0.05) is 10.7 Å². The lowest BCUT2D eigenvalue weighted by atomic mass is 10.2. The maximum Gasteiger partial charge on any atom is 0.340 e. The Hall–Kier alpha value is -2.07. The third-order valence-electron chi connectivity index (χ3n) is 2.52. The number of carbonyl (C=O) groups excluding carboxylic acids is 1. The van der Waals surface area contributed by atoms with Gasteiger partial charge in [-0.3, -0.25) is 0 Å². The quantitative estimate of drug-likeness (QED) is 0.692. The fourth-order valence-corrected chi connectivity index (χ4v) is 1.68. The number of nitrogen functional groups attached to an aromatic ring is 1. The van der Waals surface area contributed by atoms with E-state index in [0.717, 1.165) is 0 Å². The van der Waals surface area contributed by atoms with E-state index in [4.69, 9.17) is 22.1 Å². The highest BCUT2D eigenvalue weighted by molar-refractivity contribution is 6.31. The van der Waals surface area contributed by atoms with Crippen LogP contribution in [-0.2, 0) is 11.3 Å². The number of nitrogens with two attached hydrogens (primary N) is 1. The first-order valence-electron chi connectivity index (χ1n) is 5.53. The van der Waals surface area contributed by atoms with Crippen LogP contribution in [0, 0.1) is 5.82 Å². The maximum absolute atomic E-state index is 12.7. The van der Waals surface area contributed by atoms with E-state index in [1.807, 2.05) is 0 Å². The van der Waals surface area contributed by atoms with Crippen molar-refractivity contribution in [2.24, 2.45) is 0 Å². The fourth-order valence-electron chi connectivity index (χ4n) is 1.51. The molecule has 0 amide bonds. The summed E-state index contributed by atoms with van der Waals surface area (Å²) in [5.74, 6) is -0.904. The number of benzene rings is 2. The molecule has 3 nitrogen and oxygen atoms in total. The number of ether oxygens (including phenoxy) is 1. The Morgan fingerprint density at radius 3 is 2.58 bits per heavy atom. The van der Waals surface area contributed by atoms with Gasteiger partial charge in [0.2, 0.25) is 0 Å². The molecule has 2 aromatic rings. The van der Waals surface area contributed by atoms with Gasteiger partial charge in [-0.2, -0.15) is 0 Å². The van der Waals surface area contributed by atoms with Crippen LogP contribution >= 0.6 is 11.6 Å². The Balaban J connectivity index is 2.05. The molecule has 0 saturated carbocycles. The molecule has 0 bridgehead atoms. The molecular weight excluding hydrogens is 269 g/mol. The number of esters is 1. The zero-order chi connectivity index (χ0) is 13.8. The zero-order valence-corrected chi connectivity index (χ0v) is 10.7. The van der Waals surface area contributed by atoms with Gasteiger partial charge in [-0.15, -0.1) is 0 Å².